The summed E-state index contributed by atoms with van der Waals surface area (Å²) in [6.07, 6.45) is 5.28. The average molecular weight is 345 g/mol. The van der Waals surface area contributed by atoms with Gasteiger partial charge in [-0.1, -0.05) is 12.1 Å². The van der Waals surface area contributed by atoms with Gasteiger partial charge < -0.3 is 10.1 Å². The predicted molar refractivity (Wildman–Crippen MR) is 79.2 cm³/mol. The highest BCUT2D eigenvalue weighted by atomic mass is 127. The van der Waals surface area contributed by atoms with Gasteiger partial charge in [0.15, 0.2) is 0 Å². The summed E-state index contributed by atoms with van der Waals surface area (Å²) in [5.74, 6) is 0. The minimum Gasteiger partial charge on any atom is -0.378 e. The molecule has 0 amide bonds. The van der Waals surface area contributed by atoms with Crippen LogP contribution in [0.1, 0.15) is 37.3 Å². The Morgan fingerprint density at radius 1 is 1.53 bits per heavy atom. The molecule has 1 aromatic carbocycles. The lowest BCUT2D eigenvalue weighted by atomic mass is 9.99. The number of benzene rings is 1. The maximum Gasteiger partial charge on any atom is 0.0576 e. The molecule has 0 aromatic heterocycles. The molecule has 1 aliphatic heterocycles. The first-order valence-electron chi connectivity index (χ1n) is 6.34. The van der Waals surface area contributed by atoms with E-state index < -0.39 is 0 Å². The van der Waals surface area contributed by atoms with E-state index in [4.69, 9.17) is 4.74 Å². The van der Waals surface area contributed by atoms with Crippen molar-refractivity contribution in [3.63, 3.8) is 0 Å². The Bertz CT molecular complexity index is 350. The standard InChI is InChI=1S/C14H20INO/c1-16-14(8-7-13-6-3-9-17-13)11-4-2-5-12(15)10-11/h2,4-5,10,13-14,16H,3,6-9H2,1H3. The van der Waals surface area contributed by atoms with E-state index in [0.717, 1.165) is 19.4 Å². The van der Waals surface area contributed by atoms with Crippen molar-refractivity contribution in [2.75, 3.05) is 13.7 Å². The maximum absolute atomic E-state index is 5.68. The van der Waals surface area contributed by atoms with Crippen molar-refractivity contribution < 1.29 is 4.74 Å². The SMILES string of the molecule is CNC(CCC1CCCO1)c1cccc(I)c1. The van der Waals surface area contributed by atoms with Crippen LogP contribution in [0.5, 0.6) is 0 Å². The van der Waals surface area contributed by atoms with E-state index in [0.29, 0.717) is 12.1 Å². The molecule has 0 radical (unpaired) electrons. The second-order valence-electron chi connectivity index (χ2n) is 4.61. The quantitative estimate of drug-likeness (QED) is 0.825. The molecule has 1 saturated heterocycles. The molecule has 94 valence electrons. The van der Waals surface area contributed by atoms with Gasteiger partial charge in [-0.3, -0.25) is 0 Å². The van der Waals surface area contributed by atoms with Crippen molar-refractivity contribution >= 4 is 22.6 Å². The molecule has 17 heavy (non-hydrogen) atoms. The lowest BCUT2D eigenvalue weighted by molar-refractivity contribution is 0.0998. The van der Waals surface area contributed by atoms with Crippen LogP contribution in [-0.2, 0) is 4.74 Å². The molecular weight excluding hydrogens is 325 g/mol. The number of halogens is 1. The van der Waals surface area contributed by atoms with Gasteiger partial charge in [-0.25, -0.2) is 0 Å². The topological polar surface area (TPSA) is 21.3 Å². The number of hydrogen-bond acceptors (Lipinski definition) is 2. The molecule has 2 nitrogen and oxygen atoms in total. The monoisotopic (exact) mass is 345 g/mol. The Hall–Kier alpha value is -0.130. The molecule has 1 fully saturated rings. The van der Waals surface area contributed by atoms with Crippen molar-refractivity contribution in [3.05, 3.63) is 33.4 Å². The van der Waals surface area contributed by atoms with E-state index in [1.165, 1.54) is 22.0 Å². The Morgan fingerprint density at radius 2 is 2.41 bits per heavy atom. The Kier molecular flexibility index (Phi) is 5.25. The summed E-state index contributed by atoms with van der Waals surface area (Å²) >= 11 is 2.37. The van der Waals surface area contributed by atoms with E-state index in [2.05, 4.69) is 52.2 Å². The van der Waals surface area contributed by atoms with Crippen LogP contribution in [0, 0.1) is 3.57 Å². The van der Waals surface area contributed by atoms with Crippen LogP contribution >= 0.6 is 22.6 Å². The van der Waals surface area contributed by atoms with Crippen molar-refractivity contribution in [2.45, 2.75) is 37.8 Å². The van der Waals surface area contributed by atoms with Gasteiger partial charge in [-0.15, -0.1) is 0 Å². The average Bonchev–Trinajstić information content (AvgIpc) is 2.83. The van der Waals surface area contributed by atoms with Crippen LogP contribution in [0.15, 0.2) is 24.3 Å². The molecule has 2 unspecified atom stereocenters. The minimum absolute atomic E-state index is 0.453. The zero-order valence-corrected chi connectivity index (χ0v) is 12.4. The van der Waals surface area contributed by atoms with Crippen LogP contribution in [0.2, 0.25) is 0 Å². The lowest BCUT2D eigenvalue weighted by Gasteiger charge is -2.19. The van der Waals surface area contributed by atoms with E-state index in [9.17, 15) is 0 Å². The Labute approximate surface area is 117 Å². The van der Waals surface area contributed by atoms with Gasteiger partial charge in [0.05, 0.1) is 6.10 Å². The third-order valence-electron chi connectivity index (χ3n) is 3.40. The van der Waals surface area contributed by atoms with Crippen LogP contribution < -0.4 is 5.32 Å². The van der Waals surface area contributed by atoms with Gasteiger partial charge in [0, 0.05) is 16.2 Å². The summed E-state index contributed by atoms with van der Waals surface area (Å²) in [6.45, 7) is 0.956. The largest absolute Gasteiger partial charge is 0.378 e. The van der Waals surface area contributed by atoms with Crippen LogP contribution in [-0.4, -0.2) is 19.8 Å². The van der Waals surface area contributed by atoms with Crippen LogP contribution in [0.3, 0.4) is 0 Å². The van der Waals surface area contributed by atoms with E-state index in [1.807, 2.05) is 7.05 Å². The smallest absolute Gasteiger partial charge is 0.0576 e. The van der Waals surface area contributed by atoms with Gasteiger partial charge in [0.25, 0.3) is 0 Å². The Morgan fingerprint density at radius 3 is 3.06 bits per heavy atom. The molecule has 2 atom stereocenters. The van der Waals surface area contributed by atoms with Crippen molar-refractivity contribution in [2.24, 2.45) is 0 Å². The highest BCUT2D eigenvalue weighted by Gasteiger charge is 2.18. The number of ether oxygens (including phenoxy) is 1. The fourth-order valence-corrected chi connectivity index (χ4v) is 2.99. The molecule has 1 aliphatic rings. The second kappa shape index (κ2) is 6.71. The normalized spacial score (nSPS) is 21.6. The van der Waals surface area contributed by atoms with Gasteiger partial charge in [-0.2, -0.15) is 0 Å². The molecular formula is C14H20INO. The molecule has 0 aliphatic carbocycles. The Balaban J connectivity index is 1.91. The molecule has 0 bridgehead atoms. The first kappa shape index (κ1) is 13.3. The lowest BCUT2D eigenvalue weighted by Crippen LogP contribution is -2.18. The highest BCUT2D eigenvalue weighted by molar-refractivity contribution is 14.1. The van der Waals surface area contributed by atoms with E-state index in [1.54, 1.807) is 0 Å². The molecule has 2 rings (SSSR count). The van der Waals surface area contributed by atoms with Gasteiger partial charge in [-0.05, 0) is 73.0 Å². The zero-order chi connectivity index (χ0) is 12.1. The van der Waals surface area contributed by atoms with E-state index >= 15 is 0 Å². The van der Waals surface area contributed by atoms with Crippen molar-refractivity contribution in [1.29, 1.82) is 0 Å². The van der Waals surface area contributed by atoms with Crippen LogP contribution in [0.25, 0.3) is 0 Å². The molecule has 0 spiro atoms. The molecule has 1 heterocycles. The third kappa shape index (κ3) is 3.93. The number of hydrogen-bond donors (Lipinski definition) is 1. The van der Waals surface area contributed by atoms with Crippen LogP contribution in [0.4, 0.5) is 0 Å². The summed E-state index contributed by atoms with van der Waals surface area (Å²) in [5.41, 5.74) is 1.39. The number of rotatable bonds is 5. The summed E-state index contributed by atoms with van der Waals surface area (Å²) in [6, 6.07) is 9.19. The molecule has 1 aromatic rings. The molecule has 0 saturated carbocycles. The summed E-state index contributed by atoms with van der Waals surface area (Å²) in [4.78, 5) is 0. The first-order chi connectivity index (χ1) is 8.29. The molecule has 1 N–H and O–H groups in total. The van der Waals surface area contributed by atoms with Gasteiger partial charge in [0.1, 0.15) is 0 Å². The third-order valence-corrected chi connectivity index (χ3v) is 4.07. The van der Waals surface area contributed by atoms with Crippen molar-refractivity contribution in [3.8, 4) is 0 Å². The van der Waals surface area contributed by atoms with E-state index in [-0.39, 0.29) is 0 Å². The van der Waals surface area contributed by atoms with Gasteiger partial charge >= 0.3 is 0 Å². The fourth-order valence-electron chi connectivity index (χ4n) is 2.43. The fraction of sp³-hybridized carbons (Fsp3) is 0.571. The highest BCUT2D eigenvalue weighted by Crippen LogP contribution is 2.24. The second-order valence-corrected chi connectivity index (χ2v) is 5.85. The zero-order valence-electron chi connectivity index (χ0n) is 10.3. The summed E-state index contributed by atoms with van der Waals surface area (Å²) in [5, 5.41) is 3.41. The summed E-state index contributed by atoms with van der Waals surface area (Å²) < 4.78 is 6.98. The maximum atomic E-state index is 5.68. The minimum atomic E-state index is 0.453. The van der Waals surface area contributed by atoms with Gasteiger partial charge in [0.2, 0.25) is 0 Å². The van der Waals surface area contributed by atoms with Crippen molar-refractivity contribution in [1.82, 2.24) is 5.32 Å². The first-order valence-corrected chi connectivity index (χ1v) is 7.42. The predicted octanol–water partition coefficient (Wildman–Crippen LogP) is 3.51. The number of nitrogens with one attached hydrogen (secondary N) is 1. The summed E-state index contributed by atoms with van der Waals surface area (Å²) in [7, 11) is 2.04. The molecule has 3 heteroatoms.